The third-order valence-electron chi connectivity index (χ3n) is 3.35. The molecule has 86 valence electrons. The summed E-state index contributed by atoms with van der Waals surface area (Å²) in [4.78, 5) is 0. The van der Waals surface area contributed by atoms with Gasteiger partial charge in [-0.15, -0.1) is 0 Å². The molecule has 0 aromatic carbocycles. The van der Waals surface area contributed by atoms with Crippen LogP contribution in [0.1, 0.15) is 47.0 Å². The Kier molecular flexibility index (Phi) is 4.12. The zero-order valence-electron chi connectivity index (χ0n) is 10.8. The fraction of sp³-hybridized carbons (Fsp3) is 0.533. The summed E-state index contributed by atoms with van der Waals surface area (Å²) in [6.07, 6.45) is 9.59. The Morgan fingerprint density at radius 3 is 2.69 bits per heavy atom. The average molecular weight is 215 g/mol. The zero-order valence-corrected chi connectivity index (χ0v) is 10.8. The maximum absolute atomic E-state index is 8.56. The molecule has 0 bridgehead atoms. The quantitative estimate of drug-likeness (QED) is 0.490. The van der Waals surface area contributed by atoms with E-state index in [9.17, 15) is 0 Å². The topological polar surface area (TPSA) is 23.8 Å². The minimum absolute atomic E-state index is 0.283. The fourth-order valence-corrected chi connectivity index (χ4v) is 2.38. The van der Waals surface area contributed by atoms with E-state index in [1.165, 1.54) is 30.4 Å². The first-order valence-electron chi connectivity index (χ1n) is 5.92. The van der Waals surface area contributed by atoms with Crippen LogP contribution in [0, 0.1) is 16.7 Å². The van der Waals surface area contributed by atoms with Crippen LogP contribution in [0.15, 0.2) is 34.9 Å². The summed E-state index contributed by atoms with van der Waals surface area (Å²) in [7, 11) is 0. The second kappa shape index (κ2) is 5.16. The number of rotatable bonds is 2. The molecule has 16 heavy (non-hydrogen) atoms. The minimum atomic E-state index is 0.283. The molecule has 0 aromatic heterocycles. The summed E-state index contributed by atoms with van der Waals surface area (Å²) in [6, 6.07) is 2.06. The van der Waals surface area contributed by atoms with Gasteiger partial charge in [0, 0.05) is 6.08 Å². The van der Waals surface area contributed by atoms with Crippen LogP contribution in [0.4, 0.5) is 0 Å². The highest BCUT2D eigenvalue weighted by Gasteiger charge is 2.26. The predicted molar refractivity (Wildman–Crippen MR) is 68.8 cm³/mol. The maximum atomic E-state index is 8.56. The van der Waals surface area contributed by atoms with Crippen molar-refractivity contribution >= 4 is 0 Å². The van der Waals surface area contributed by atoms with Gasteiger partial charge in [0.1, 0.15) is 0 Å². The number of hydrogen-bond acceptors (Lipinski definition) is 1. The molecular weight excluding hydrogens is 194 g/mol. The van der Waals surface area contributed by atoms with Crippen molar-refractivity contribution in [2.75, 3.05) is 0 Å². The molecule has 1 nitrogen and oxygen atoms in total. The second-order valence-electron chi connectivity index (χ2n) is 5.28. The molecule has 0 atom stereocenters. The van der Waals surface area contributed by atoms with E-state index in [0.29, 0.717) is 0 Å². The van der Waals surface area contributed by atoms with E-state index in [-0.39, 0.29) is 5.41 Å². The van der Waals surface area contributed by atoms with Crippen molar-refractivity contribution in [3.05, 3.63) is 34.9 Å². The van der Waals surface area contributed by atoms with E-state index in [1.807, 2.05) is 6.92 Å². The summed E-state index contributed by atoms with van der Waals surface area (Å²) in [5.74, 6) is 0. The molecule has 0 fully saturated rings. The average Bonchev–Trinajstić information content (AvgIpc) is 2.16. The van der Waals surface area contributed by atoms with E-state index in [1.54, 1.807) is 6.08 Å². The zero-order chi connectivity index (χ0) is 12.2. The van der Waals surface area contributed by atoms with Gasteiger partial charge in [-0.25, -0.2) is 0 Å². The first-order valence-corrected chi connectivity index (χ1v) is 5.92. The van der Waals surface area contributed by atoms with Crippen LogP contribution in [-0.4, -0.2) is 0 Å². The number of hydrogen-bond donors (Lipinski definition) is 0. The Labute approximate surface area is 99.2 Å². The molecule has 1 heteroatoms. The molecule has 0 spiro atoms. The van der Waals surface area contributed by atoms with Gasteiger partial charge in [-0.3, -0.25) is 0 Å². The van der Waals surface area contributed by atoms with Crippen molar-refractivity contribution in [2.45, 2.75) is 47.0 Å². The molecule has 0 saturated carbocycles. The monoisotopic (exact) mass is 215 g/mol. The third kappa shape index (κ3) is 3.10. The van der Waals surface area contributed by atoms with Crippen molar-refractivity contribution in [3.63, 3.8) is 0 Å². The van der Waals surface area contributed by atoms with Gasteiger partial charge in [0.15, 0.2) is 0 Å². The molecule has 0 heterocycles. The molecule has 1 aliphatic rings. The summed E-state index contributed by atoms with van der Waals surface area (Å²) in [6.45, 7) is 8.80. The van der Waals surface area contributed by atoms with Gasteiger partial charge in [-0.05, 0) is 49.7 Å². The molecule has 0 aromatic rings. The lowest BCUT2D eigenvalue weighted by Gasteiger charge is -2.32. The van der Waals surface area contributed by atoms with Gasteiger partial charge in [0.2, 0.25) is 0 Å². The van der Waals surface area contributed by atoms with Crippen LogP contribution in [0.5, 0.6) is 0 Å². The largest absolute Gasteiger partial charge is 0.193 e. The van der Waals surface area contributed by atoms with E-state index in [2.05, 4.69) is 39.0 Å². The van der Waals surface area contributed by atoms with Crippen molar-refractivity contribution in [1.82, 2.24) is 0 Å². The Hall–Kier alpha value is -1.29. The van der Waals surface area contributed by atoms with Crippen LogP contribution in [0.25, 0.3) is 0 Å². The van der Waals surface area contributed by atoms with Gasteiger partial charge in [-0.2, -0.15) is 5.26 Å². The van der Waals surface area contributed by atoms with E-state index >= 15 is 0 Å². The maximum Gasteiger partial charge on any atom is 0.0914 e. The Bertz CT molecular complexity index is 386. The molecular formula is C15H21N. The summed E-state index contributed by atoms with van der Waals surface area (Å²) in [5.41, 5.74) is 4.25. The lowest BCUT2D eigenvalue weighted by molar-refractivity contribution is 0.377. The Morgan fingerprint density at radius 2 is 2.12 bits per heavy atom. The smallest absolute Gasteiger partial charge is 0.0914 e. The van der Waals surface area contributed by atoms with Gasteiger partial charge >= 0.3 is 0 Å². The molecule has 0 N–H and O–H groups in total. The van der Waals surface area contributed by atoms with Gasteiger partial charge in [0.25, 0.3) is 0 Å². The molecule has 0 saturated heterocycles. The van der Waals surface area contributed by atoms with Crippen LogP contribution in [0.3, 0.4) is 0 Å². The Morgan fingerprint density at radius 1 is 1.44 bits per heavy atom. The normalized spacial score (nSPS) is 21.3. The van der Waals surface area contributed by atoms with Crippen LogP contribution < -0.4 is 0 Å². The Balaban J connectivity index is 2.95. The van der Waals surface area contributed by atoms with E-state index < -0.39 is 0 Å². The number of nitriles is 1. The van der Waals surface area contributed by atoms with Gasteiger partial charge in [-0.1, -0.05) is 31.6 Å². The summed E-state index contributed by atoms with van der Waals surface area (Å²) >= 11 is 0. The SMILES string of the molecule is CC1=C(/C=C/C(C)=C/C#N)C(C)(C)CCC1. The van der Waals surface area contributed by atoms with Crippen molar-refractivity contribution in [3.8, 4) is 6.07 Å². The highest BCUT2D eigenvalue weighted by atomic mass is 14.3. The number of nitrogens with zero attached hydrogens (tertiary/aromatic N) is 1. The van der Waals surface area contributed by atoms with Crippen molar-refractivity contribution in [2.24, 2.45) is 5.41 Å². The van der Waals surface area contributed by atoms with E-state index in [0.717, 1.165) is 5.57 Å². The van der Waals surface area contributed by atoms with E-state index in [4.69, 9.17) is 5.26 Å². The molecule has 0 unspecified atom stereocenters. The third-order valence-corrected chi connectivity index (χ3v) is 3.35. The number of allylic oxidation sites excluding steroid dienone is 6. The standard InChI is InChI=1S/C15H21N/c1-12(9-11-16)7-8-14-13(2)6-5-10-15(14,3)4/h7-9H,5-6,10H2,1-4H3/b8-7+,12-9+. The van der Waals surface area contributed by atoms with Gasteiger partial charge < -0.3 is 0 Å². The second-order valence-corrected chi connectivity index (χ2v) is 5.28. The molecule has 1 rings (SSSR count). The molecule has 1 aliphatic carbocycles. The van der Waals surface area contributed by atoms with Crippen molar-refractivity contribution < 1.29 is 0 Å². The fourth-order valence-electron chi connectivity index (χ4n) is 2.38. The van der Waals surface area contributed by atoms with Gasteiger partial charge in [0.05, 0.1) is 6.07 Å². The lowest BCUT2D eigenvalue weighted by atomic mass is 9.72. The molecule has 0 aliphatic heterocycles. The van der Waals surface area contributed by atoms with Crippen molar-refractivity contribution in [1.29, 1.82) is 5.26 Å². The predicted octanol–water partition coefficient (Wildman–Crippen LogP) is 4.54. The van der Waals surface area contributed by atoms with Crippen LogP contribution >= 0.6 is 0 Å². The summed E-state index contributed by atoms with van der Waals surface area (Å²) in [5, 5.41) is 8.56. The highest BCUT2D eigenvalue weighted by molar-refractivity contribution is 5.36. The molecule has 0 amide bonds. The minimum Gasteiger partial charge on any atom is -0.193 e. The van der Waals surface area contributed by atoms with Crippen LogP contribution in [-0.2, 0) is 0 Å². The summed E-state index contributed by atoms with van der Waals surface area (Å²) < 4.78 is 0. The first kappa shape index (κ1) is 12.8. The first-order chi connectivity index (χ1) is 7.47. The lowest BCUT2D eigenvalue weighted by Crippen LogP contribution is -2.19. The molecule has 0 radical (unpaired) electrons. The highest BCUT2D eigenvalue weighted by Crippen LogP contribution is 2.40. The van der Waals surface area contributed by atoms with Crippen LogP contribution in [0.2, 0.25) is 0 Å².